The second-order valence-electron chi connectivity index (χ2n) is 5.78. The van der Waals surface area contributed by atoms with Crippen molar-refractivity contribution in [2.24, 2.45) is 0 Å². The third kappa shape index (κ3) is 4.03. The van der Waals surface area contributed by atoms with Gasteiger partial charge in [-0.2, -0.15) is 9.78 Å². The number of thioether (sulfide) groups is 1. The van der Waals surface area contributed by atoms with E-state index < -0.39 is 17.2 Å². The molecule has 0 bridgehead atoms. The van der Waals surface area contributed by atoms with Crippen molar-refractivity contribution >= 4 is 11.8 Å². The highest BCUT2D eigenvalue weighted by atomic mass is 32.2. The second-order valence-corrected chi connectivity index (χ2v) is 6.66. The summed E-state index contributed by atoms with van der Waals surface area (Å²) in [4.78, 5) is 14.0. The molecule has 0 fully saturated rings. The molecule has 0 spiro atoms. The Morgan fingerprint density at radius 2 is 1.89 bits per heavy atom. The predicted octanol–water partition coefficient (Wildman–Crippen LogP) is 4.69. The molecule has 0 atom stereocenters. The van der Waals surface area contributed by atoms with E-state index in [1.807, 2.05) is 37.4 Å². The van der Waals surface area contributed by atoms with E-state index in [0.717, 1.165) is 33.3 Å². The molecular weight excluding hydrogens is 370 g/mol. The molecule has 0 unspecified atom stereocenters. The number of rotatable bonds is 6. The van der Waals surface area contributed by atoms with Gasteiger partial charge in [0.25, 0.3) is 0 Å². The van der Waals surface area contributed by atoms with Crippen molar-refractivity contribution in [2.45, 2.75) is 18.2 Å². The molecule has 140 valence electrons. The molecule has 0 saturated carbocycles. The van der Waals surface area contributed by atoms with Crippen LogP contribution in [0.4, 0.5) is 8.78 Å². The van der Waals surface area contributed by atoms with E-state index in [1.165, 1.54) is 6.20 Å². The second kappa shape index (κ2) is 8.35. The molecule has 0 aliphatic rings. The van der Waals surface area contributed by atoms with Gasteiger partial charge in [-0.1, -0.05) is 19.1 Å². The monoisotopic (exact) mass is 388 g/mol. The number of halogens is 2. The summed E-state index contributed by atoms with van der Waals surface area (Å²) in [5.41, 5.74) is 0.370. The van der Waals surface area contributed by atoms with Crippen LogP contribution in [0.3, 0.4) is 0 Å². The van der Waals surface area contributed by atoms with E-state index in [4.69, 9.17) is 4.74 Å². The molecule has 0 amide bonds. The van der Waals surface area contributed by atoms with Gasteiger partial charge in [0.15, 0.2) is 5.75 Å². The molecule has 0 aliphatic heterocycles. The predicted molar refractivity (Wildman–Crippen MR) is 103 cm³/mol. The van der Waals surface area contributed by atoms with Crippen LogP contribution in [0, 0.1) is 11.6 Å². The van der Waals surface area contributed by atoms with Gasteiger partial charge in [0.1, 0.15) is 17.3 Å². The highest BCUT2D eigenvalue weighted by molar-refractivity contribution is 7.98. The quantitative estimate of drug-likeness (QED) is 0.575. The lowest BCUT2D eigenvalue weighted by Crippen LogP contribution is -2.24. The molecule has 3 rings (SSSR count). The molecule has 27 heavy (non-hydrogen) atoms. The molecule has 0 radical (unpaired) electrons. The van der Waals surface area contributed by atoms with Crippen molar-refractivity contribution in [1.29, 1.82) is 0 Å². The van der Waals surface area contributed by atoms with E-state index in [-0.39, 0.29) is 11.4 Å². The molecule has 1 heterocycles. The van der Waals surface area contributed by atoms with Crippen LogP contribution in [0.1, 0.15) is 13.3 Å². The molecule has 2 aromatic carbocycles. The fourth-order valence-electron chi connectivity index (χ4n) is 2.58. The summed E-state index contributed by atoms with van der Waals surface area (Å²) in [7, 11) is 0. The maximum absolute atomic E-state index is 14.1. The summed E-state index contributed by atoms with van der Waals surface area (Å²) >= 11 is 1.61. The highest BCUT2D eigenvalue weighted by Crippen LogP contribution is 2.29. The Kier molecular flexibility index (Phi) is 5.91. The highest BCUT2D eigenvalue weighted by Gasteiger charge is 2.18. The van der Waals surface area contributed by atoms with E-state index in [0.29, 0.717) is 18.6 Å². The van der Waals surface area contributed by atoms with Gasteiger partial charge in [0.2, 0.25) is 0 Å². The van der Waals surface area contributed by atoms with E-state index in [9.17, 15) is 13.6 Å². The lowest BCUT2D eigenvalue weighted by Gasteiger charge is -2.13. The third-order valence-corrected chi connectivity index (χ3v) is 4.67. The SMILES string of the molecule is CCCOc1c(-c2ccc(SC)cc2)cnn(-c2cc(F)ccc2F)c1=O. The average Bonchev–Trinajstić information content (AvgIpc) is 2.69. The van der Waals surface area contributed by atoms with Crippen LogP contribution in [0.5, 0.6) is 5.75 Å². The normalized spacial score (nSPS) is 10.8. The van der Waals surface area contributed by atoms with Gasteiger partial charge in [-0.3, -0.25) is 4.79 Å². The number of hydrogen-bond acceptors (Lipinski definition) is 4. The zero-order valence-electron chi connectivity index (χ0n) is 14.9. The number of aromatic nitrogens is 2. The summed E-state index contributed by atoms with van der Waals surface area (Å²) in [5, 5.41) is 4.05. The van der Waals surface area contributed by atoms with Gasteiger partial charge in [0.05, 0.1) is 12.8 Å². The van der Waals surface area contributed by atoms with Crippen molar-refractivity contribution in [2.75, 3.05) is 12.9 Å². The maximum atomic E-state index is 14.1. The van der Waals surface area contributed by atoms with Crippen molar-refractivity contribution in [1.82, 2.24) is 9.78 Å². The first-order valence-corrected chi connectivity index (χ1v) is 9.62. The van der Waals surface area contributed by atoms with Crippen molar-refractivity contribution < 1.29 is 13.5 Å². The minimum Gasteiger partial charge on any atom is -0.487 e. The van der Waals surface area contributed by atoms with E-state index >= 15 is 0 Å². The van der Waals surface area contributed by atoms with Crippen LogP contribution in [-0.4, -0.2) is 22.6 Å². The fraction of sp³-hybridized carbons (Fsp3) is 0.200. The van der Waals surface area contributed by atoms with Crippen molar-refractivity contribution in [3.05, 3.63) is 70.6 Å². The standard InChI is InChI=1S/C20H18F2N2O2S/c1-3-10-26-19-16(13-4-7-15(27-2)8-5-13)12-23-24(20(19)25)18-11-14(21)6-9-17(18)22/h4-9,11-12H,3,10H2,1-2H3. The van der Waals surface area contributed by atoms with Gasteiger partial charge >= 0.3 is 5.56 Å². The smallest absolute Gasteiger partial charge is 0.314 e. The lowest BCUT2D eigenvalue weighted by molar-refractivity contribution is 0.311. The lowest BCUT2D eigenvalue weighted by atomic mass is 10.1. The van der Waals surface area contributed by atoms with Gasteiger partial charge in [0, 0.05) is 16.5 Å². The summed E-state index contributed by atoms with van der Waals surface area (Å²) in [6.07, 6.45) is 4.10. The van der Waals surface area contributed by atoms with Gasteiger partial charge < -0.3 is 4.74 Å². The van der Waals surface area contributed by atoms with E-state index in [2.05, 4.69) is 5.10 Å². The van der Waals surface area contributed by atoms with Gasteiger partial charge in [-0.05, 0) is 42.5 Å². The first kappa shape index (κ1) is 19.1. The molecular formula is C20H18F2N2O2S. The van der Waals surface area contributed by atoms with Crippen LogP contribution in [0.2, 0.25) is 0 Å². The number of ether oxygens (including phenoxy) is 1. The summed E-state index contributed by atoms with van der Waals surface area (Å²) in [6.45, 7) is 2.24. The van der Waals surface area contributed by atoms with Gasteiger partial charge in [-0.15, -0.1) is 11.8 Å². The third-order valence-electron chi connectivity index (χ3n) is 3.92. The Balaban J connectivity index is 2.16. The first-order valence-electron chi connectivity index (χ1n) is 8.40. The van der Waals surface area contributed by atoms with Crippen LogP contribution in [0.25, 0.3) is 16.8 Å². The number of hydrogen-bond donors (Lipinski definition) is 0. The van der Waals surface area contributed by atoms with Crippen LogP contribution in [0.15, 0.2) is 58.4 Å². The van der Waals surface area contributed by atoms with Crippen molar-refractivity contribution in [3.63, 3.8) is 0 Å². The minimum atomic E-state index is -0.746. The van der Waals surface area contributed by atoms with Gasteiger partial charge in [-0.25, -0.2) is 8.78 Å². The summed E-state index contributed by atoms with van der Waals surface area (Å²) in [5.74, 6) is -1.34. The average molecular weight is 388 g/mol. The van der Waals surface area contributed by atoms with Crippen LogP contribution < -0.4 is 10.3 Å². The zero-order valence-corrected chi connectivity index (χ0v) is 15.7. The Morgan fingerprint density at radius 1 is 1.15 bits per heavy atom. The molecule has 4 nitrogen and oxygen atoms in total. The molecule has 0 aliphatic carbocycles. The van der Waals surface area contributed by atoms with Crippen molar-refractivity contribution in [3.8, 4) is 22.6 Å². The van der Waals surface area contributed by atoms with Crippen LogP contribution in [-0.2, 0) is 0 Å². The minimum absolute atomic E-state index is 0.0624. The largest absolute Gasteiger partial charge is 0.487 e. The summed E-state index contributed by atoms with van der Waals surface area (Å²) < 4.78 is 34.1. The Hall–Kier alpha value is -2.67. The maximum Gasteiger partial charge on any atom is 0.314 e. The van der Waals surface area contributed by atoms with Crippen LogP contribution >= 0.6 is 11.8 Å². The molecule has 0 N–H and O–H groups in total. The fourth-order valence-corrected chi connectivity index (χ4v) is 2.99. The Bertz CT molecular complexity index is 1000. The topological polar surface area (TPSA) is 44.1 Å². The number of nitrogens with zero attached hydrogens (tertiary/aromatic N) is 2. The Labute approximate surface area is 159 Å². The zero-order chi connectivity index (χ0) is 19.4. The number of benzene rings is 2. The Morgan fingerprint density at radius 3 is 2.56 bits per heavy atom. The molecule has 3 aromatic rings. The molecule has 0 saturated heterocycles. The first-order chi connectivity index (χ1) is 13.0. The summed E-state index contributed by atoms with van der Waals surface area (Å²) in [6, 6.07) is 10.5. The molecule has 1 aromatic heterocycles. The van der Waals surface area contributed by atoms with E-state index in [1.54, 1.807) is 11.8 Å². The molecule has 7 heteroatoms.